The largest absolute Gasteiger partial charge is 0.493 e. The van der Waals surface area contributed by atoms with Crippen molar-refractivity contribution in [1.29, 1.82) is 0 Å². The van der Waals surface area contributed by atoms with Gasteiger partial charge in [-0.25, -0.2) is 0 Å². The molecule has 2 aromatic carbocycles. The van der Waals surface area contributed by atoms with E-state index >= 15 is 0 Å². The van der Waals surface area contributed by atoms with Crippen LogP contribution in [-0.2, 0) is 0 Å². The third-order valence-corrected chi connectivity index (χ3v) is 5.64. The average molecular weight is 378 g/mol. The van der Waals surface area contributed by atoms with E-state index in [2.05, 4.69) is 5.32 Å². The first-order chi connectivity index (χ1) is 13.5. The second-order valence-electron chi connectivity index (χ2n) is 7.43. The molecule has 0 aromatic heterocycles. The van der Waals surface area contributed by atoms with Crippen LogP contribution in [0, 0.1) is 5.41 Å². The molecule has 2 heterocycles. The van der Waals surface area contributed by atoms with E-state index in [1.807, 2.05) is 19.9 Å². The molecular formula is C22H22N2O4. The number of benzene rings is 2. The lowest BCUT2D eigenvalue weighted by molar-refractivity contribution is 0.0737. The smallest absolute Gasteiger partial charge is 0.257 e. The lowest BCUT2D eigenvalue weighted by atomic mass is 9.78. The number of hydrogen-bond donors (Lipinski definition) is 1. The Kier molecular flexibility index (Phi) is 4.41. The summed E-state index contributed by atoms with van der Waals surface area (Å²) in [4.78, 5) is 40.7. The van der Waals surface area contributed by atoms with Crippen molar-refractivity contribution in [3.63, 3.8) is 0 Å². The molecule has 2 amide bonds. The molecule has 28 heavy (non-hydrogen) atoms. The van der Waals surface area contributed by atoms with Crippen LogP contribution in [0.2, 0.25) is 0 Å². The Balaban J connectivity index is 1.67. The summed E-state index contributed by atoms with van der Waals surface area (Å²) in [5.41, 5.74) is 0.388. The van der Waals surface area contributed by atoms with Crippen LogP contribution in [0.25, 0.3) is 0 Å². The number of Topliss-reactive ketones (excluding diaryl/α,β-unsaturated/α-hetero) is 1. The van der Waals surface area contributed by atoms with Crippen molar-refractivity contribution in [2.45, 2.75) is 19.9 Å². The number of nitrogens with one attached hydrogen (secondary N) is 1. The van der Waals surface area contributed by atoms with E-state index in [4.69, 9.17) is 4.74 Å². The zero-order valence-corrected chi connectivity index (χ0v) is 15.9. The summed E-state index contributed by atoms with van der Waals surface area (Å²) < 4.78 is 5.58. The predicted octanol–water partition coefficient (Wildman–Crippen LogP) is 2.54. The lowest BCUT2D eigenvalue weighted by Gasteiger charge is -2.26. The fraction of sp³-hybridized carbons (Fsp3) is 0.318. The second-order valence-corrected chi connectivity index (χ2v) is 7.43. The van der Waals surface area contributed by atoms with Crippen molar-refractivity contribution in [2.75, 3.05) is 19.7 Å². The minimum Gasteiger partial charge on any atom is -0.493 e. The maximum atomic E-state index is 13.3. The molecule has 0 radical (unpaired) electrons. The van der Waals surface area contributed by atoms with E-state index in [1.165, 1.54) is 0 Å². The van der Waals surface area contributed by atoms with Crippen molar-refractivity contribution in [2.24, 2.45) is 5.41 Å². The Morgan fingerprint density at radius 1 is 1.14 bits per heavy atom. The van der Waals surface area contributed by atoms with Gasteiger partial charge in [0.2, 0.25) is 0 Å². The van der Waals surface area contributed by atoms with Gasteiger partial charge in [-0.2, -0.15) is 0 Å². The van der Waals surface area contributed by atoms with E-state index in [0.29, 0.717) is 29.0 Å². The summed E-state index contributed by atoms with van der Waals surface area (Å²) in [6.07, 6.45) is 0. The molecule has 1 saturated heterocycles. The molecule has 0 unspecified atom stereocenters. The molecular weight excluding hydrogens is 356 g/mol. The Bertz CT molecular complexity index is 971. The molecule has 4 rings (SSSR count). The van der Waals surface area contributed by atoms with Crippen LogP contribution in [0.1, 0.15) is 44.9 Å². The number of rotatable bonds is 3. The Labute approximate surface area is 163 Å². The average Bonchev–Trinajstić information content (AvgIpc) is 3.01. The Morgan fingerprint density at radius 2 is 1.82 bits per heavy atom. The van der Waals surface area contributed by atoms with Crippen molar-refractivity contribution in [3.8, 4) is 5.75 Å². The summed E-state index contributed by atoms with van der Waals surface area (Å²) in [5.74, 6) is -0.0665. The van der Waals surface area contributed by atoms with Crippen LogP contribution in [0.5, 0.6) is 5.75 Å². The lowest BCUT2D eigenvalue weighted by Crippen LogP contribution is -2.47. The van der Waals surface area contributed by atoms with Gasteiger partial charge < -0.3 is 15.0 Å². The first-order valence-electron chi connectivity index (χ1n) is 9.41. The van der Waals surface area contributed by atoms with Gasteiger partial charge in [0.1, 0.15) is 5.75 Å². The van der Waals surface area contributed by atoms with Crippen LogP contribution in [0.4, 0.5) is 0 Å². The number of ketones is 1. The molecule has 0 bridgehead atoms. The number of fused-ring (bicyclic) bond motifs is 2. The van der Waals surface area contributed by atoms with Crippen LogP contribution >= 0.6 is 0 Å². The normalized spacial score (nSPS) is 23.5. The topological polar surface area (TPSA) is 75.7 Å². The first-order valence-corrected chi connectivity index (χ1v) is 9.41. The zero-order chi connectivity index (χ0) is 19.9. The van der Waals surface area contributed by atoms with Crippen LogP contribution in [0.15, 0.2) is 48.5 Å². The van der Waals surface area contributed by atoms with Crippen molar-refractivity contribution in [3.05, 3.63) is 65.2 Å². The summed E-state index contributed by atoms with van der Waals surface area (Å²) in [5, 5.41) is 2.96. The highest BCUT2D eigenvalue weighted by atomic mass is 16.5. The third kappa shape index (κ3) is 2.76. The van der Waals surface area contributed by atoms with Gasteiger partial charge in [0, 0.05) is 18.7 Å². The van der Waals surface area contributed by atoms with Gasteiger partial charge in [0.05, 0.1) is 29.2 Å². The van der Waals surface area contributed by atoms with E-state index < -0.39 is 11.5 Å². The molecule has 0 saturated carbocycles. The number of hydrogen-bond acceptors (Lipinski definition) is 4. The SMILES string of the molecule is CCOc1ccccc1C(=O)N1C[C@H]2NC(=O)c3ccccc3C(=O)[C@@]2(C)C1. The molecule has 2 aliphatic heterocycles. The van der Waals surface area contributed by atoms with Crippen molar-refractivity contribution in [1.82, 2.24) is 10.2 Å². The highest BCUT2D eigenvalue weighted by Crippen LogP contribution is 2.38. The van der Waals surface area contributed by atoms with Gasteiger partial charge in [0.15, 0.2) is 5.78 Å². The van der Waals surface area contributed by atoms with Crippen molar-refractivity contribution >= 4 is 17.6 Å². The maximum Gasteiger partial charge on any atom is 0.257 e. The highest BCUT2D eigenvalue weighted by molar-refractivity contribution is 6.13. The minimum absolute atomic E-state index is 0.111. The monoisotopic (exact) mass is 378 g/mol. The van der Waals surface area contributed by atoms with E-state index in [9.17, 15) is 14.4 Å². The molecule has 2 aliphatic rings. The number of carbonyl (C=O) groups excluding carboxylic acids is 3. The fourth-order valence-electron chi connectivity index (χ4n) is 4.10. The molecule has 1 fully saturated rings. The zero-order valence-electron chi connectivity index (χ0n) is 15.9. The molecule has 0 aliphatic carbocycles. The molecule has 144 valence electrons. The summed E-state index contributed by atoms with van der Waals surface area (Å²) in [6.45, 7) is 4.66. The summed E-state index contributed by atoms with van der Waals surface area (Å²) in [7, 11) is 0. The second kappa shape index (κ2) is 6.78. The van der Waals surface area contributed by atoms with E-state index in [-0.39, 0.29) is 30.7 Å². The molecule has 2 atom stereocenters. The van der Waals surface area contributed by atoms with Gasteiger partial charge in [-0.1, -0.05) is 30.3 Å². The Morgan fingerprint density at radius 3 is 2.57 bits per heavy atom. The standard InChI is InChI=1S/C22H22N2O4/c1-3-28-17-11-7-6-10-16(17)21(27)24-12-18-22(2,13-24)19(25)14-8-4-5-9-15(14)20(26)23-18/h4-11,18H,3,12-13H2,1-2H3,(H,23,26)/t18-,22+/m1/s1. The fourth-order valence-corrected chi connectivity index (χ4v) is 4.10. The molecule has 1 N–H and O–H groups in total. The number of amides is 2. The summed E-state index contributed by atoms with van der Waals surface area (Å²) >= 11 is 0. The number of nitrogens with zero attached hydrogens (tertiary/aromatic N) is 1. The number of likely N-dealkylation sites (tertiary alicyclic amines) is 1. The number of para-hydroxylation sites is 1. The van der Waals surface area contributed by atoms with Crippen LogP contribution in [0.3, 0.4) is 0 Å². The molecule has 0 spiro atoms. The summed E-state index contributed by atoms with van der Waals surface area (Å²) in [6, 6.07) is 13.5. The predicted molar refractivity (Wildman–Crippen MR) is 104 cm³/mol. The molecule has 2 aromatic rings. The van der Waals surface area contributed by atoms with Gasteiger partial charge in [-0.05, 0) is 32.0 Å². The van der Waals surface area contributed by atoms with Crippen molar-refractivity contribution < 1.29 is 19.1 Å². The van der Waals surface area contributed by atoms with Gasteiger partial charge >= 0.3 is 0 Å². The van der Waals surface area contributed by atoms with Gasteiger partial charge in [-0.3, -0.25) is 14.4 Å². The quantitative estimate of drug-likeness (QED) is 0.891. The highest BCUT2D eigenvalue weighted by Gasteiger charge is 2.53. The van der Waals surface area contributed by atoms with Crippen LogP contribution < -0.4 is 10.1 Å². The molecule has 6 nitrogen and oxygen atoms in total. The van der Waals surface area contributed by atoms with Gasteiger partial charge in [0.25, 0.3) is 11.8 Å². The molecule has 6 heteroatoms. The third-order valence-electron chi connectivity index (χ3n) is 5.64. The number of ether oxygens (including phenoxy) is 1. The van der Waals surface area contributed by atoms with Crippen LogP contribution in [-0.4, -0.2) is 48.2 Å². The first kappa shape index (κ1) is 18.2. The maximum absolute atomic E-state index is 13.3. The Hall–Kier alpha value is -3.15. The van der Waals surface area contributed by atoms with Gasteiger partial charge in [-0.15, -0.1) is 0 Å². The van der Waals surface area contributed by atoms with E-state index in [1.54, 1.807) is 47.4 Å². The number of carbonyl (C=O) groups is 3. The minimum atomic E-state index is -0.877. The van der Waals surface area contributed by atoms with E-state index in [0.717, 1.165) is 0 Å².